The van der Waals surface area contributed by atoms with E-state index >= 15 is 0 Å². The van der Waals surface area contributed by atoms with Gasteiger partial charge in [0.15, 0.2) is 0 Å². The van der Waals surface area contributed by atoms with Crippen molar-refractivity contribution >= 4 is 11.8 Å². The number of nitrogens with one attached hydrogen (secondary N) is 1. The number of epoxide rings is 1. The fourth-order valence-corrected chi connectivity index (χ4v) is 3.05. The van der Waals surface area contributed by atoms with Gasteiger partial charge in [0, 0.05) is 18.4 Å². The second kappa shape index (κ2) is 6.37. The minimum Gasteiger partial charge on any atom is -0.370 e. The highest BCUT2D eigenvalue weighted by atomic mass is 16.6. The molecule has 0 aromatic rings. The molecule has 5 heteroatoms. The Hall–Kier alpha value is -1.10. The molecular formula is C14H24N2O3. The average Bonchev–Trinajstić information content (AvgIpc) is 2.96. The topological polar surface area (TPSA) is 84.7 Å². The van der Waals surface area contributed by atoms with Crippen LogP contribution in [0.25, 0.3) is 0 Å². The van der Waals surface area contributed by atoms with Crippen LogP contribution in [0.3, 0.4) is 0 Å². The summed E-state index contributed by atoms with van der Waals surface area (Å²) in [5, 5.41) is 2.92. The summed E-state index contributed by atoms with van der Waals surface area (Å²) in [5.74, 6) is -0.825. The highest BCUT2D eigenvalue weighted by molar-refractivity contribution is 5.87. The fraction of sp³-hybridized carbons (Fsp3) is 0.857. The highest BCUT2D eigenvalue weighted by Gasteiger charge is 2.37. The Morgan fingerprint density at radius 1 is 1.26 bits per heavy atom. The van der Waals surface area contributed by atoms with Crippen LogP contribution in [0.4, 0.5) is 0 Å². The molecule has 0 aromatic heterocycles. The SMILES string of the molecule is CCC1OC1CCCNC(=O)C1CCCC1C(N)=O. The molecule has 19 heavy (non-hydrogen) atoms. The van der Waals surface area contributed by atoms with Crippen molar-refractivity contribution in [2.24, 2.45) is 17.6 Å². The summed E-state index contributed by atoms with van der Waals surface area (Å²) in [4.78, 5) is 23.2. The lowest BCUT2D eigenvalue weighted by Crippen LogP contribution is -2.37. The van der Waals surface area contributed by atoms with Crippen LogP contribution < -0.4 is 11.1 Å². The van der Waals surface area contributed by atoms with E-state index < -0.39 is 0 Å². The van der Waals surface area contributed by atoms with Crippen molar-refractivity contribution in [2.75, 3.05) is 6.54 Å². The zero-order chi connectivity index (χ0) is 13.8. The molecule has 0 spiro atoms. The third kappa shape index (κ3) is 3.69. The Morgan fingerprint density at radius 2 is 2.00 bits per heavy atom. The number of amides is 2. The molecule has 1 heterocycles. The van der Waals surface area contributed by atoms with Gasteiger partial charge in [0.1, 0.15) is 0 Å². The average molecular weight is 268 g/mol. The molecule has 0 radical (unpaired) electrons. The molecule has 0 bridgehead atoms. The Morgan fingerprint density at radius 3 is 2.63 bits per heavy atom. The molecule has 1 aliphatic heterocycles. The molecule has 4 atom stereocenters. The molecule has 2 rings (SSSR count). The van der Waals surface area contributed by atoms with Crippen LogP contribution in [-0.2, 0) is 14.3 Å². The predicted octanol–water partition coefficient (Wildman–Crippen LogP) is 0.962. The predicted molar refractivity (Wildman–Crippen MR) is 71.2 cm³/mol. The van der Waals surface area contributed by atoms with Gasteiger partial charge in [0.05, 0.1) is 12.2 Å². The second-order valence-electron chi connectivity index (χ2n) is 5.60. The molecule has 0 aromatic carbocycles. The smallest absolute Gasteiger partial charge is 0.223 e. The first-order valence-corrected chi connectivity index (χ1v) is 7.36. The van der Waals surface area contributed by atoms with Gasteiger partial charge in [-0.3, -0.25) is 9.59 Å². The van der Waals surface area contributed by atoms with Gasteiger partial charge < -0.3 is 15.8 Å². The number of carbonyl (C=O) groups is 2. The van der Waals surface area contributed by atoms with Gasteiger partial charge in [-0.2, -0.15) is 0 Å². The fourth-order valence-electron chi connectivity index (χ4n) is 3.05. The Kier molecular flexibility index (Phi) is 4.80. The van der Waals surface area contributed by atoms with Crippen LogP contribution in [-0.4, -0.2) is 30.6 Å². The van der Waals surface area contributed by atoms with Crippen molar-refractivity contribution in [3.63, 3.8) is 0 Å². The van der Waals surface area contributed by atoms with Gasteiger partial charge >= 0.3 is 0 Å². The standard InChI is InChI=1S/C14H24N2O3/c1-2-11-12(19-11)7-4-8-16-14(18)10-6-3-5-9(10)13(15)17/h9-12H,2-8H2,1H3,(H2,15,17)(H,16,18). The van der Waals surface area contributed by atoms with Gasteiger partial charge in [-0.15, -0.1) is 0 Å². The maximum absolute atomic E-state index is 12.0. The number of primary amides is 1. The number of hydrogen-bond acceptors (Lipinski definition) is 3. The first-order chi connectivity index (χ1) is 9.13. The Bertz CT molecular complexity index is 346. The van der Waals surface area contributed by atoms with Crippen molar-refractivity contribution in [3.05, 3.63) is 0 Å². The number of carbonyl (C=O) groups excluding carboxylic acids is 2. The summed E-state index contributed by atoms with van der Waals surface area (Å²) in [6, 6.07) is 0. The van der Waals surface area contributed by atoms with Crippen LogP contribution in [0.5, 0.6) is 0 Å². The lowest BCUT2D eigenvalue weighted by atomic mass is 9.94. The Labute approximate surface area is 114 Å². The third-order valence-electron chi connectivity index (χ3n) is 4.27. The molecule has 2 amide bonds. The first kappa shape index (κ1) is 14.3. The molecule has 1 saturated carbocycles. The Balaban J connectivity index is 1.63. The number of ether oxygens (including phenoxy) is 1. The number of rotatable bonds is 7. The molecule has 2 fully saturated rings. The van der Waals surface area contributed by atoms with Crippen molar-refractivity contribution in [1.29, 1.82) is 0 Å². The van der Waals surface area contributed by atoms with Crippen LogP contribution in [0.15, 0.2) is 0 Å². The monoisotopic (exact) mass is 268 g/mol. The van der Waals surface area contributed by atoms with E-state index in [4.69, 9.17) is 10.5 Å². The van der Waals surface area contributed by atoms with Crippen molar-refractivity contribution in [2.45, 2.75) is 57.7 Å². The largest absolute Gasteiger partial charge is 0.370 e. The third-order valence-corrected chi connectivity index (χ3v) is 4.27. The normalized spacial score (nSPS) is 33.1. The molecule has 108 valence electrons. The van der Waals surface area contributed by atoms with Crippen molar-refractivity contribution < 1.29 is 14.3 Å². The van der Waals surface area contributed by atoms with Gasteiger partial charge in [-0.05, 0) is 32.1 Å². The van der Waals surface area contributed by atoms with Crippen LogP contribution in [0, 0.1) is 11.8 Å². The highest BCUT2D eigenvalue weighted by Crippen LogP contribution is 2.32. The van der Waals surface area contributed by atoms with Crippen LogP contribution in [0.1, 0.15) is 45.4 Å². The van der Waals surface area contributed by atoms with Gasteiger partial charge in [-0.25, -0.2) is 0 Å². The van der Waals surface area contributed by atoms with Crippen LogP contribution >= 0.6 is 0 Å². The van der Waals surface area contributed by atoms with E-state index in [1.165, 1.54) is 0 Å². The first-order valence-electron chi connectivity index (χ1n) is 7.36. The second-order valence-corrected chi connectivity index (χ2v) is 5.60. The zero-order valence-corrected chi connectivity index (χ0v) is 11.6. The molecule has 5 nitrogen and oxygen atoms in total. The molecule has 2 aliphatic rings. The van der Waals surface area contributed by atoms with E-state index in [9.17, 15) is 9.59 Å². The summed E-state index contributed by atoms with van der Waals surface area (Å²) < 4.78 is 5.45. The summed E-state index contributed by atoms with van der Waals surface area (Å²) in [6.07, 6.45) is 6.28. The summed E-state index contributed by atoms with van der Waals surface area (Å²) in [7, 11) is 0. The van der Waals surface area contributed by atoms with E-state index in [0.717, 1.165) is 38.5 Å². The van der Waals surface area contributed by atoms with Gasteiger partial charge in [0.2, 0.25) is 11.8 Å². The zero-order valence-electron chi connectivity index (χ0n) is 11.6. The molecule has 3 N–H and O–H groups in total. The number of nitrogens with two attached hydrogens (primary N) is 1. The molecule has 1 saturated heterocycles. The van der Waals surface area contributed by atoms with E-state index in [1.807, 2.05) is 0 Å². The summed E-state index contributed by atoms with van der Waals surface area (Å²) in [6.45, 7) is 2.79. The van der Waals surface area contributed by atoms with Crippen molar-refractivity contribution in [1.82, 2.24) is 5.32 Å². The minimum atomic E-state index is -0.338. The van der Waals surface area contributed by atoms with E-state index in [-0.39, 0.29) is 23.7 Å². The lowest BCUT2D eigenvalue weighted by Gasteiger charge is -2.16. The summed E-state index contributed by atoms with van der Waals surface area (Å²) in [5.41, 5.74) is 5.32. The number of hydrogen-bond donors (Lipinski definition) is 2. The van der Waals surface area contributed by atoms with Gasteiger partial charge in [-0.1, -0.05) is 13.3 Å². The molecule has 1 aliphatic carbocycles. The minimum absolute atomic E-state index is 0.00921. The van der Waals surface area contributed by atoms with Crippen LogP contribution in [0.2, 0.25) is 0 Å². The lowest BCUT2D eigenvalue weighted by molar-refractivity contribution is -0.132. The molecule has 4 unspecified atom stereocenters. The van der Waals surface area contributed by atoms with Gasteiger partial charge in [0.25, 0.3) is 0 Å². The quantitative estimate of drug-likeness (QED) is 0.533. The molecular weight excluding hydrogens is 244 g/mol. The maximum Gasteiger partial charge on any atom is 0.223 e. The van der Waals surface area contributed by atoms with Crippen molar-refractivity contribution in [3.8, 4) is 0 Å². The van der Waals surface area contributed by atoms with E-state index in [0.29, 0.717) is 18.8 Å². The summed E-state index contributed by atoms with van der Waals surface area (Å²) >= 11 is 0. The van der Waals surface area contributed by atoms with E-state index in [1.54, 1.807) is 0 Å². The van der Waals surface area contributed by atoms with E-state index in [2.05, 4.69) is 12.2 Å². The maximum atomic E-state index is 12.0.